The lowest BCUT2D eigenvalue weighted by Crippen LogP contribution is -2.53. The maximum Gasteiger partial charge on any atom is 0.253 e. The van der Waals surface area contributed by atoms with Gasteiger partial charge in [-0.1, -0.05) is 0 Å². The molecule has 0 unspecified atom stereocenters. The van der Waals surface area contributed by atoms with E-state index in [-0.39, 0.29) is 11.8 Å². The minimum absolute atomic E-state index is 0.00429. The highest BCUT2D eigenvalue weighted by Crippen LogP contribution is 2.31. The van der Waals surface area contributed by atoms with Gasteiger partial charge in [-0.05, 0) is 43.2 Å². The molecule has 8 heteroatoms. The summed E-state index contributed by atoms with van der Waals surface area (Å²) in [7, 11) is 3.21. The largest absolute Gasteiger partial charge is 0.497 e. The van der Waals surface area contributed by atoms with Crippen molar-refractivity contribution in [3.8, 4) is 11.5 Å². The normalized spacial score (nSPS) is 18.4. The smallest absolute Gasteiger partial charge is 0.253 e. The van der Waals surface area contributed by atoms with Gasteiger partial charge in [-0.25, -0.2) is 0 Å². The number of pyridine rings is 1. The summed E-state index contributed by atoms with van der Waals surface area (Å²) in [5, 5.41) is 0. The van der Waals surface area contributed by atoms with Crippen LogP contribution in [0.2, 0.25) is 0 Å². The molecule has 0 aliphatic carbocycles. The lowest BCUT2D eigenvalue weighted by Gasteiger charge is -2.42. The highest BCUT2D eigenvalue weighted by Gasteiger charge is 2.41. The van der Waals surface area contributed by atoms with Gasteiger partial charge in [0.1, 0.15) is 11.5 Å². The standard InChI is InChI=1S/C24H29N3O5/c1-30-20-5-3-18(4-6-20)23(29)26-12-9-24(10-13-26)17-27(22(28)8-14-32-24)16-19-15-21(31-2)7-11-25-19/h3-7,11,15H,8-10,12-14,16-17H2,1-2H3. The third-order valence-corrected chi connectivity index (χ3v) is 6.23. The zero-order chi connectivity index (χ0) is 22.6. The summed E-state index contributed by atoms with van der Waals surface area (Å²) >= 11 is 0. The van der Waals surface area contributed by atoms with Crippen LogP contribution in [0.3, 0.4) is 0 Å². The van der Waals surface area contributed by atoms with E-state index >= 15 is 0 Å². The molecule has 3 heterocycles. The van der Waals surface area contributed by atoms with Crippen molar-refractivity contribution in [2.75, 3.05) is 40.5 Å². The Bertz CT molecular complexity index is 954. The zero-order valence-electron chi connectivity index (χ0n) is 18.6. The van der Waals surface area contributed by atoms with Gasteiger partial charge in [0.25, 0.3) is 5.91 Å². The monoisotopic (exact) mass is 439 g/mol. The predicted octanol–water partition coefficient (Wildman–Crippen LogP) is 2.52. The molecule has 0 saturated carbocycles. The molecule has 0 radical (unpaired) electrons. The quantitative estimate of drug-likeness (QED) is 0.712. The van der Waals surface area contributed by atoms with E-state index in [0.717, 1.165) is 11.4 Å². The Morgan fingerprint density at radius 2 is 1.81 bits per heavy atom. The average molecular weight is 440 g/mol. The first-order valence-corrected chi connectivity index (χ1v) is 10.9. The third-order valence-electron chi connectivity index (χ3n) is 6.23. The molecule has 32 heavy (non-hydrogen) atoms. The summed E-state index contributed by atoms with van der Waals surface area (Å²) in [6, 6.07) is 10.8. The molecule has 1 aromatic carbocycles. The van der Waals surface area contributed by atoms with Gasteiger partial charge in [0.05, 0.1) is 51.6 Å². The van der Waals surface area contributed by atoms with Crippen molar-refractivity contribution in [2.45, 2.75) is 31.4 Å². The van der Waals surface area contributed by atoms with Gasteiger partial charge >= 0.3 is 0 Å². The first-order chi connectivity index (χ1) is 15.5. The van der Waals surface area contributed by atoms with Crippen LogP contribution >= 0.6 is 0 Å². The summed E-state index contributed by atoms with van der Waals surface area (Å²) in [6.45, 7) is 2.48. The Balaban J connectivity index is 1.42. The molecular formula is C24H29N3O5. The number of carbonyl (C=O) groups is 2. The number of hydrogen-bond donors (Lipinski definition) is 0. The van der Waals surface area contributed by atoms with Crippen LogP contribution in [0.5, 0.6) is 11.5 Å². The number of carbonyl (C=O) groups excluding carboxylic acids is 2. The third kappa shape index (κ3) is 4.85. The molecule has 2 aliphatic heterocycles. The van der Waals surface area contributed by atoms with Crippen molar-refractivity contribution < 1.29 is 23.8 Å². The SMILES string of the molecule is COc1ccc(C(=O)N2CCC3(CC2)CN(Cc2cc(OC)ccn2)C(=O)CCO3)cc1. The molecule has 2 saturated heterocycles. The molecule has 1 spiro atoms. The fourth-order valence-corrected chi connectivity index (χ4v) is 4.34. The summed E-state index contributed by atoms with van der Waals surface area (Å²) in [4.78, 5) is 33.7. The molecule has 0 N–H and O–H groups in total. The van der Waals surface area contributed by atoms with Gasteiger partial charge in [-0.3, -0.25) is 14.6 Å². The van der Waals surface area contributed by atoms with Crippen LogP contribution in [0.15, 0.2) is 42.6 Å². The van der Waals surface area contributed by atoms with Crippen LogP contribution < -0.4 is 9.47 Å². The van der Waals surface area contributed by atoms with E-state index in [1.165, 1.54) is 0 Å². The van der Waals surface area contributed by atoms with E-state index in [4.69, 9.17) is 14.2 Å². The van der Waals surface area contributed by atoms with Crippen molar-refractivity contribution in [3.63, 3.8) is 0 Å². The molecule has 0 atom stereocenters. The number of methoxy groups -OCH3 is 2. The van der Waals surface area contributed by atoms with E-state index < -0.39 is 5.60 Å². The fraction of sp³-hybridized carbons (Fsp3) is 0.458. The lowest BCUT2D eigenvalue weighted by molar-refractivity contribution is -0.132. The first-order valence-electron chi connectivity index (χ1n) is 10.9. The van der Waals surface area contributed by atoms with Crippen LogP contribution in [0.25, 0.3) is 0 Å². The molecule has 170 valence electrons. The van der Waals surface area contributed by atoms with Gasteiger partial charge < -0.3 is 24.0 Å². The average Bonchev–Trinajstić information content (AvgIpc) is 2.98. The summed E-state index contributed by atoms with van der Waals surface area (Å²) in [6.07, 6.45) is 3.40. The Hall–Kier alpha value is -3.13. The van der Waals surface area contributed by atoms with Gasteiger partial charge in [0.2, 0.25) is 5.91 Å². The Morgan fingerprint density at radius 1 is 1.09 bits per heavy atom. The first kappa shape index (κ1) is 22.1. The van der Waals surface area contributed by atoms with Crippen LogP contribution in [-0.2, 0) is 16.1 Å². The number of amides is 2. The van der Waals surface area contributed by atoms with Gasteiger partial charge in [0, 0.05) is 30.9 Å². The second kappa shape index (κ2) is 9.56. The zero-order valence-corrected chi connectivity index (χ0v) is 18.6. The van der Waals surface area contributed by atoms with Crippen molar-refractivity contribution in [2.24, 2.45) is 0 Å². The Kier molecular flexibility index (Phi) is 6.60. The molecule has 0 bridgehead atoms. The minimum atomic E-state index is -0.443. The van der Waals surface area contributed by atoms with Crippen molar-refractivity contribution in [1.82, 2.24) is 14.8 Å². The van der Waals surface area contributed by atoms with Gasteiger partial charge in [-0.2, -0.15) is 0 Å². The van der Waals surface area contributed by atoms with Crippen molar-refractivity contribution in [1.29, 1.82) is 0 Å². The van der Waals surface area contributed by atoms with Crippen LogP contribution in [0.4, 0.5) is 0 Å². The molecule has 1 aromatic heterocycles. The summed E-state index contributed by atoms with van der Waals surface area (Å²) in [5.41, 5.74) is 0.980. The maximum absolute atomic E-state index is 12.9. The summed E-state index contributed by atoms with van der Waals surface area (Å²) in [5.74, 6) is 1.50. The molecule has 8 nitrogen and oxygen atoms in total. The summed E-state index contributed by atoms with van der Waals surface area (Å²) < 4.78 is 16.7. The number of likely N-dealkylation sites (tertiary alicyclic amines) is 1. The van der Waals surface area contributed by atoms with Gasteiger partial charge in [0.15, 0.2) is 0 Å². The van der Waals surface area contributed by atoms with E-state index in [1.54, 1.807) is 50.7 Å². The van der Waals surface area contributed by atoms with Crippen LogP contribution in [-0.4, -0.2) is 72.7 Å². The van der Waals surface area contributed by atoms with E-state index in [2.05, 4.69) is 4.98 Å². The van der Waals surface area contributed by atoms with E-state index in [0.29, 0.717) is 63.4 Å². The molecule has 4 rings (SSSR count). The van der Waals surface area contributed by atoms with E-state index in [9.17, 15) is 9.59 Å². The molecule has 2 amide bonds. The number of rotatable bonds is 5. The Labute approximate surface area is 188 Å². The number of ether oxygens (including phenoxy) is 3. The maximum atomic E-state index is 12.9. The molecule has 2 aliphatic rings. The molecule has 2 fully saturated rings. The van der Waals surface area contributed by atoms with Crippen molar-refractivity contribution in [3.05, 3.63) is 53.9 Å². The lowest BCUT2D eigenvalue weighted by atomic mass is 9.90. The second-order valence-electron chi connectivity index (χ2n) is 8.24. The number of aromatic nitrogens is 1. The van der Waals surface area contributed by atoms with Gasteiger partial charge in [-0.15, -0.1) is 0 Å². The number of piperidine rings is 1. The van der Waals surface area contributed by atoms with E-state index in [1.807, 2.05) is 15.9 Å². The highest BCUT2D eigenvalue weighted by atomic mass is 16.5. The Morgan fingerprint density at radius 3 is 2.50 bits per heavy atom. The molecular weight excluding hydrogens is 410 g/mol. The fourth-order valence-electron chi connectivity index (χ4n) is 4.34. The van der Waals surface area contributed by atoms with Crippen LogP contribution in [0, 0.1) is 0 Å². The minimum Gasteiger partial charge on any atom is -0.497 e. The number of nitrogens with zero attached hydrogens (tertiary/aromatic N) is 3. The number of benzene rings is 1. The molecule has 2 aromatic rings. The topological polar surface area (TPSA) is 81.2 Å². The second-order valence-corrected chi connectivity index (χ2v) is 8.24. The van der Waals surface area contributed by atoms with Crippen LogP contribution in [0.1, 0.15) is 35.3 Å². The number of hydrogen-bond acceptors (Lipinski definition) is 6. The van der Waals surface area contributed by atoms with Crippen molar-refractivity contribution >= 4 is 11.8 Å². The highest BCUT2D eigenvalue weighted by molar-refractivity contribution is 5.94. The predicted molar refractivity (Wildman–Crippen MR) is 118 cm³/mol.